The highest BCUT2D eigenvalue weighted by atomic mass is 32.1. The minimum Gasteiger partial charge on any atom is -0.461 e. The SMILES string of the molecule is CC=CCOC(=O)CCNC(=O)c1cccs1. The Morgan fingerprint density at radius 1 is 1.53 bits per heavy atom. The van der Waals surface area contributed by atoms with Crippen LogP contribution in [0.5, 0.6) is 0 Å². The molecule has 0 saturated heterocycles. The molecule has 0 atom stereocenters. The van der Waals surface area contributed by atoms with Gasteiger partial charge in [0.15, 0.2) is 0 Å². The van der Waals surface area contributed by atoms with E-state index in [1.54, 1.807) is 12.1 Å². The minimum atomic E-state index is -0.311. The van der Waals surface area contributed by atoms with Crippen LogP contribution in [0.25, 0.3) is 0 Å². The van der Waals surface area contributed by atoms with Crippen molar-refractivity contribution in [1.82, 2.24) is 5.32 Å². The zero-order chi connectivity index (χ0) is 12.5. The summed E-state index contributed by atoms with van der Waals surface area (Å²) in [5, 5.41) is 4.49. The molecule has 1 N–H and O–H groups in total. The van der Waals surface area contributed by atoms with Gasteiger partial charge in [-0.25, -0.2) is 0 Å². The summed E-state index contributed by atoms with van der Waals surface area (Å²) in [4.78, 5) is 23.3. The van der Waals surface area contributed by atoms with Gasteiger partial charge in [-0.3, -0.25) is 9.59 Å². The second-order valence-corrected chi connectivity index (χ2v) is 4.18. The summed E-state index contributed by atoms with van der Waals surface area (Å²) in [6, 6.07) is 3.55. The Kier molecular flexibility index (Phi) is 6.03. The van der Waals surface area contributed by atoms with Crippen molar-refractivity contribution in [3.05, 3.63) is 34.5 Å². The third-order valence-corrected chi connectivity index (χ3v) is 2.80. The van der Waals surface area contributed by atoms with E-state index < -0.39 is 0 Å². The third kappa shape index (κ3) is 5.31. The Morgan fingerprint density at radius 3 is 3.00 bits per heavy atom. The fourth-order valence-corrected chi connectivity index (χ4v) is 1.72. The van der Waals surface area contributed by atoms with E-state index in [-0.39, 0.29) is 24.9 Å². The smallest absolute Gasteiger partial charge is 0.307 e. The van der Waals surface area contributed by atoms with Crippen molar-refractivity contribution in [2.24, 2.45) is 0 Å². The van der Waals surface area contributed by atoms with Gasteiger partial charge in [0.1, 0.15) is 6.61 Å². The van der Waals surface area contributed by atoms with Crippen molar-refractivity contribution < 1.29 is 14.3 Å². The molecule has 17 heavy (non-hydrogen) atoms. The zero-order valence-electron chi connectivity index (χ0n) is 9.64. The second-order valence-electron chi connectivity index (χ2n) is 3.24. The number of carbonyl (C=O) groups is 2. The van der Waals surface area contributed by atoms with Crippen molar-refractivity contribution in [2.45, 2.75) is 13.3 Å². The summed E-state index contributed by atoms with van der Waals surface area (Å²) in [6.07, 6.45) is 3.75. The average molecular weight is 253 g/mol. The van der Waals surface area contributed by atoms with Crippen molar-refractivity contribution >= 4 is 23.2 Å². The highest BCUT2D eigenvalue weighted by Gasteiger charge is 2.07. The van der Waals surface area contributed by atoms with Gasteiger partial charge >= 0.3 is 5.97 Å². The topological polar surface area (TPSA) is 55.4 Å². The first-order chi connectivity index (χ1) is 8.24. The van der Waals surface area contributed by atoms with E-state index in [9.17, 15) is 9.59 Å². The Bertz CT molecular complexity index is 384. The van der Waals surface area contributed by atoms with E-state index in [0.717, 1.165) is 0 Å². The number of thiophene rings is 1. The molecule has 1 aromatic heterocycles. The summed E-state index contributed by atoms with van der Waals surface area (Å²) in [6.45, 7) is 2.44. The molecule has 0 radical (unpaired) electrons. The molecule has 1 aromatic rings. The monoisotopic (exact) mass is 253 g/mol. The van der Waals surface area contributed by atoms with Crippen LogP contribution in [-0.2, 0) is 9.53 Å². The van der Waals surface area contributed by atoms with Crippen LogP contribution in [0, 0.1) is 0 Å². The lowest BCUT2D eigenvalue weighted by molar-refractivity contribution is -0.142. The predicted octanol–water partition coefficient (Wildman–Crippen LogP) is 1.99. The normalized spacial score (nSPS) is 10.4. The van der Waals surface area contributed by atoms with Crippen molar-refractivity contribution in [2.75, 3.05) is 13.2 Å². The molecular formula is C12H15NO3S. The van der Waals surface area contributed by atoms with Gasteiger partial charge < -0.3 is 10.1 Å². The molecule has 0 aliphatic rings. The molecule has 5 heteroatoms. The summed E-state index contributed by atoms with van der Waals surface area (Å²) in [5.41, 5.74) is 0. The van der Waals surface area contributed by atoms with Crippen LogP contribution in [0.15, 0.2) is 29.7 Å². The number of carbonyl (C=O) groups excluding carboxylic acids is 2. The van der Waals surface area contributed by atoms with E-state index in [1.165, 1.54) is 11.3 Å². The molecule has 0 unspecified atom stereocenters. The highest BCUT2D eigenvalue weighted by Crippen LogP contribution is 2.07. The first-order valence-electron chi connectivity index (χ1n) is 5.32. The lowest BCUT2D eigenvalue weighted by Gasteiger charge is -2.03. The predicted molar refractivity (Wildman–Crippen MR) is 67.0 cm³/mol. The van der Waals surface area contributed by atoms with Crippen molar-refractivity contribution in [3.8, 4) is 0 Å². The molecule has 1 heterocycles. The van der Waals surface area contributed by atoms with Gasteiger partial charge in [0, 0.05) is 6.54 Å². The molecule has 0 aromatic carbocycles. The Morgan fingerprint density at radius 2 is 2.35 bits per heavy atom. The molecule has 0 saturated carbocycles. The van der Waals surface area contributed by atoms with Crippen molar-refractivity contribution in [1.29, 1.82) is 0 Å². The fraction of sp³-hybridized carbons (Fsp3) is 0.333. The maximum absolute atomic E-state index is 11.5. The number of nitrogens with one attached hydrogen (secondary N) is 1. The van der Waals surface area contributed by atoms with Gasteiger partial charge in [0.25, 0.3) is 5.91 Å². The van der Waals surface area contributed by atoms with Crippen LogP contribution in [0.1, 0.15) is 23.0 Å². The van der Waals surface area contributed by atoms with Crippen LogP contribution in [0.4, 0.5) is 0 Å². The summed E-state index contributed by atoms with van der Waals surface area (Å²) in [5.74, 6) is -0.462. The number of esters is 1. The first kappa shape index (κ1) is 13.4. The van der Waals surface area contributed by atoms with E-state index in [1.807, 2.05) is 24.4 Å². The number of ether oxygens (including phenoxy) is 1. The molecular weight excluding hydrogens is 238 g/mol. The third-order valence-electron chi connectivity index (χ3n) is 1.94. The fourth-order valence-electron chi connectivity index (χ4n) is 1.08. The zero-order valence-corrected chi connectivity index (χ0v) is 10.5. The Hall–Kier alpha value is -1.62. The quantitative estimate of drug-likeness (QED) is 0.623. The summed E-state index contributed by atoms with van der Waals surface area (Å²) < 4.78 is 4.88. The van der Waals surface area contributed by atoms with Crippen LogP contribution >= 0.6 is 11.3 Å². The number of hydrogen-bond acceptors (Lipinski definition) is 4. The van der Waals surface area contributed by atoms with Crippen LogP contribution in [0.2, 0.25) is 0 Å². The van der Waals surface area contributed by atoms with Gasteiger partial charge in [0.05, 0.1) is 11.3 Å². The molecule has 0 bridgehead atoms. The van der Waals surface area contributed by atoms with Gasteiger partial charge in [-0.05, 0) is 18.4 Å². The largest absolute Gasteiger partial charge is 0.461 e. The maximum atomic E-state index is 11.5. The molecule has 0 aliphatic carbocycles. The second kappa shape index (κ2) is 7.62. The summed E-state index contributed by atoms with van der Waals surface area (Å²) in [7, 11) is 0. The van der Waals surface area contributed by atoms with E-state index >= 15 is 0 Å². The maximum Gasteiger partial charge on any atom is 0.307 e. The first-order valence-corrected chi connectivity index (χ1v) is 6.20. The molecule has 0 aliphatic heterocycles. The van der Waals surface area contributed by atoms with E-state index in [2.05, 4.69) is 5.32 Å². The number of hydrogen-bond donors (Lipinski definition) is 1. The minimum absolute atomic E-state index is 0.152. The van der Waals surface area contributed by atoms with Crippen LogP contribution < -0.4 is 5.32 Å². The standard InChI is InChI=1S/C12H15NO3S/c1-2-3-8-16-11(14)6-7-13-12(15)10-5-4-9-17-10/h2-5,9H,6-8H2,1H3,(H,13,15). The molecule has 1 rings (SSSR count). The number of amides is 1. The van der Waals surface area contributed by atoms with Gasteiger partial charge in [-0.1, -0.05) is 18.2 Å². The summed E-state index contributed by atoms with van der Waals surface area (Å²) >= 11 is 1.37. The van der Waals surface area contributed by atoms with Gasteiger partial charge in [0.2, 0.25) is 0 Å². The van der Waals surface area contributed by atoms with Gasteiger partial charge in [-0.2, -0.15) is 0 Å². The lowest BCUT2D eigenvalue weighted by Crippen LogP contribution is -2.25. The Labute approximate surface area is 104 Å². The molecule has 92 valence electrons. The van der Waals surface area contributed by atoms with E-state index in [4.69, 9.17) is 4.74 Å². The van der Waals surface area contributed by atoms with Crippen molar-refractivity contribution in [3.63, 3.8) is 0 Å². The number of rotatable bonds is 6. The van der Waals surface area contributed by atoms with Crippen LogP contribution in [0.3, 0.4) is 0 Å². The Balaban J connectivity index is 2.15. The molecule has 0 fully saturated rings. The molecule has 4 nitrogen and oxygen atoms in total. The molecule has 0 spiro atoms. The lowest BCUT2D eigenvalue weighted by atomic mass is 10.4. The van der Waals surface area contributed by atoms with E-state index in [0.29, 0.717) is 11.4 Å². The highest BCUT2D eigenvalue weighted by molar-refractivity contribution is 7.12. The van der Waals surface area contributed by atoms with Crippen LogP contribution in [-0.4, -0.2) is 25.0 Å². The molecule has 1 amide bonds. The van der Waals surface area contributed by atoms with Gasteiger partial charge in [-0.15, -0.1) is 11.3 Å². The average Bonchev–Trinajstić information content (AvgIpc) is 2.82. The number of allylic oxidation sites excluding steroid dienone is 1.